The van der Waals surface area contributed by atoms with E-state index in [0.29, 0.717) is 17.1 Å². The first-order valence-corrected chi connectivity index (χ1v) is 6.29. The Morgan fingerprint density at radius 2 is 1.95 bits per heavy atom. The average molecular weight is 268 g/mol. The van der Waals surface area contributed by atoms with Gasteiger partial charge in [-0.05, 0) is 36.2 Å². The van der Waals surface area contributed by atoms with Crippen LogP contribution >= 0.6 is 0 Å². The van der Waals surface area contributed by atoms with Crippen LogP contribution in [0.25, 0.3) is 0 Å². The highest BCUT2D eigenvalue weighted by molar-refractivity contribution is 5.94. The maximum atomic E-state index is 12.1. The number of para-hydroxylation sites is 1. The average Bonchev–Trinajstić information content (AvgIpc) is 2.48. The van der Waals surface area contributed by atoms with Gasteiger partial charge < -0.3 is 9.47 Å². The first-order chi connectivity index (χ1) is 9.74. The Morgan fingerprint density at radius 1 is 1.20 bits per heavy atom. The summed E-state index contributed by atoms with van der Waals surface area (Å²) in [7, 11) is 1.53. The predicted molar refractivity (Wildman–Crippen MR) is 78.3 cm³/mol. The van der Waals surface area contributed by atoms with E-state index in [-0.39, 0.29) is 0 Å². The van der Waals surface area contributed by atoms with E-state index in [1.165, 1.54) is 7.11 Å². The third-order valence-electron chi connectivity index (χ3n) is 2.82. The summed E-state index contributed by atoms with van der Waals surface area (Å²) in [5, 5.41) is 0. The minimum Gasteiger partial charge on any atom is -0.496 e. The SMILES string of the molecule is C=CCc1ccc(C(=O)Oc2ccccc2)c(OC)c1. The van der Waals surface area contributed by atoms with Gasteiger partial charge in [0.2, 0.25) is 0 Å². The Balaban J connectivity index is 2.23. The van der Waals surface area contributed by atoms with E-state index in [0.717, 1.165) is 12.0 Å². The molecular weight excluding hydrogens is 252 g/mol. The largest absolute Gasteiger partial charge is 0.496 e. The molecule has 3 heteroatoms. The number of methoxy groups -OCH3 is 1. The van der Waals surface area contributed by atoms with Crippen molar-refractivity contribution in [2.75, 3.05) is 7.11 Å². The molecular formula is C17H16O3. The van der Waals surface area contributed by atoms with Crippen LogP contribution in [0.5, 0.6) is 11.5 Å². The van der Waals surface area contributed by atoms with Gasteiger partial charge in [-0.3, -0.25) is 0 Å². The zero-order valence-corrected chi connectivity index (χ0v) is 11.3. The molecule has 0 amide bonds. The van der Waals surface area contributed by atoms with Crippen molar-refractivity contribution in [1.29, 1.82) is 0 Å². The molecule has 0 spiro atoms. The molecule has 0 atom stereocenters. The van der Waals surface area contributed by atoms with Gasteiger partial charge >= 0.3 is 5.97 Å². The highest BCUT2D eigenvalue weighted by atomic mass is 16.5. The molecule has 0 aliphatic rings. The fourth-order valence-corrected chi connectivity index (χ4v) is 1.85. The van der Waals surface area contributed by atoms with Gasteiger partial charge in [0.25, 0.3) is 0 Å². The lowest BCUT2D eigenvalue weighted by atomic mass is 10.1. The minimum absolute atomic E-state index is 0.407. The summed E-state index contributed by atoms with van der Waals surface area (Å²) in [5.74, 6) is 0.582. The summed E-state index contributed by atoms with van der Waals surface area (Å²) in [6.45, 7) is 3.69. The van der Waals surface area contributed by atoms with Crippen LogP contribution < -0.4 is 9.47 Å². The van der Waals surface area contributed by atoms with Crippen molar-refractivity contribution in [1.82, 2.24) is 0 Å². The molecule has 0 fully saturated rings. The lowest BCUT2D eigenvalue weighted by Crippen LogP contribution is -2.10. The zero-order chi connectivity index (χ0) is 14.4. The van der Waals surface area contributed by atoms with Gasteiger partial charge in [-0.25, -0.2) is 4.79 Å². The van der Waals surface area contributed by atoms with Crippen molar-refractivity contribution in [3.05, 3.63) is 72.3 Å². The van der Waals surface area contributed by atoms with E-state index in [2.05, 4.69) is 6.58 Å². The lowest BCUT2D eigenvalue weighted by molar-refractivity contribution is 0.0731. The van der Waals surface area contributed by atoms with Crippen LogP contribution in [-0.4, -0.2) is 13.1 Å². The minimum atomic E-state index is -0.432. The fraction of sp³-hybridized carbons (Fsp3) is 0.118. The number of ether oxygens (including phenoxy) is 2. The maximum Gasteiger partial charge on any atom is 0.347 e. The molecule has 20 heavy (non-hydrogen) atoms. The van der Waals surface area contributed by atoms with E-state index >= 15 is 0 Å². The first kappa shape index (κ1) is 13.9. The highest BCUT2D eigenvalue weighted by Crippen LogP contribution is 2.22. The van der Waals surface area contributed by atoms with Gasteiger partial charge in [0.05, 0.1) is 7.11 Å². The Kier molecular flexibility index (Phi) is 4.56. The number of esters is 1. The van der Waals surface area contributed by atoms with Gasteiger partial charge in [-0.15, -0.1) is 6.58 Å². The van der Waals surface area contributed by atoms with Gasteiger partial charge in [-0.2, -0.15) is 0 Å². The summed E-state index contributed by atoms with van der Waals surface area (Å²) in [4.78, 5) is 12.1. The summed E-state index contributed by atoms with van der Waals surface area (Å²) >= 11 is 0. The van der Waals surface area contributed by atoms with Crippen LogP contribution in [0.1, 0.15) is 15.9 Å². The van der Waals surface area contributed by atoms with Crippen LogP contribution in [-0.2, 0) is 6.42 Å². The number of rotatable bonds is 5. The molecule has 0 aliphatic heterocycles. The van der Waals surface area contributed by atoms with Crippen molar-refractivity contribution >= 4 is 5.97 Å². The maximum absolute atomic E-state index is 12.1. The molecule has 102 valence electrons. The molecule has 0 N–H and O–H groups in total. The standard InChI is InChI=1S/C17H16O3/c1-3-7-13-10-11-15(16(12-13)19-2)17(18)20-14-8-5-4-6-9-14/h3-6,8-12H,1,7H2,2H3. The van der Waals surface area contributed by atoms with Crippen molar-refractivity contribution in [3.63, 3.8) is 0 Å². The van der Waals surface area contributed by atoms with Crippen molar-refractivity contribution < 1.29 is 14.3 Å². The van der Waals surface area contributed by atoms with Crippen LogP contribution in [0.3, 0.4) is 0 Å². The zero-order valence-electron chi connectivity index (χ0n) is 11.3. The molecule has 2 aromatic rings. The number of carbonyl (C=O) groups excluding carboxylic acids is 1. The van der Waals surface area contributed by atoms with Crippen molar-refractivity contribution in [2.24, 2.45) is 0 Å². The molecule has 0 saturated heterocycles. The Labute approximate surface area is 118 Å². The van der Waals surface area contributed by atoms with E-state index in [4.69, 9.17) is 9.47 Å². The molecule has 0 aromatic heterocycles. The van der Waals surface area contributed by atoms with E-state index in [1.807, 2.05) is 30.3 Å². The fourth-order valence-electron chi connectivity index (χ4n) is 1.85. The van der Waals surface area contributed by atoms with Gasteiger partial charge in [0.15, 0.2) is 0 Å². The van der Waals surface area contributed by atoms with Gasteiger partial charge in [0.1, 0.15) is 17.1 Å². The lowest BCUT2D eigenvalue weighted by Gasteiger charge is -2.10. The summed E-state index contributed by atoms with van der Waals surface area (Å²) < 4.78 is 10.6. The summed E-state index contributed by atoms with van der Waals surface area (Å²) in [5.41, 5.74) is 1.44. The number of benzene rings is 2. The molecule has 0 heterocycles. The van der Waals surface area contributed by atoms with Crippen LogP contribution in [0.15, 0.2) is 61.2 Å². The highest BCUT2D eigenvalue weighted by Gasteiger charge is 2.14. The van der Waals surface area contributed by atoms with Crippen LogP contribution in [0.4, 0.5) is 0 Å². The topological polar surface area (TPSA) is 35.5 Å². The Morgan fingerprint density at radius 3 is 2.60 bits per heavy atom. The Bertz CT molecular complexity index is 603. The number of allylic oxidation sites excluding steroid dienone is 1. The van der Waals surface area contributed by atoms with Gasteiger partial charge in [-0.1, -0.05) is 30.3 Å². The third kappa shape index (κ3) is 3.26. The van der Waals surface area contributed by atoms with Crippen LogP contribution in [0, 0.1) is 0 Å². The van der Waals surface area contributed by atoms with Crippen LogP contribution in [0.2, 0.25) is 0 Å². The molecule has 0 bridgehead atoms. The normalized spacial score (nSPS) is 9.85. The van der Waals surface area contributed by atoms with E-state index in [1.54, 1.807) is 24.3 Å². The second kappa shape index (κ2) is 6.57. The van der Waals surface area contributed by atoms with Crippen molar-refractivity contribution in [2.45, 2.75) is 6.42 Å². The number of hydrogen-bond donors (Lipinski definition) is 0. The summed E-state index contributed by atoms with van der Waals surface area (Å²) in [6, 6.07) is 14.4. The molecule has 0 aliphatic carbocycles. The monoisotopic (exact) mass is 268 g/mol. The molecule has 2 rings (SSSR count). The van der Waals surface area contributed by atoms with Crippen molar-refractivity contribution in [3.8, 4) is 11.5 Å². The molecule has 0 unspecified atom stereocenters. The van der Waals surface area contributed by atoms with Gasteiger partial charge in [0, 0.05) is 0 Å². The summed E-state index contributed by atoms with van der Waals surface area (Å²) in [6.07, 6.45) is 2.53. The third-order valence-corrected chi connectivity index (χ3v) is 2.82. The Hall–Kier alpha value is -2.55. The number of hydrogen-bond acceptors (Lipinski definition) is 3. The quantitative estimate of drug-likeness (QED) is 0.472. The molecule has 2 aromatic carbocycles. The second-order valence-electron chi connectivity index (χ2n) is 4.23. The molecule has 0 saturated carbocycles. The van der Waals surface area contributed by atoms with E-state index < -0.39 is 5.97 Å². The number of carbonyl (C=O) groups is 1. The van der Waals surface area contributed by atoms with E-state index in [9.17, 15) is 4.79 Å². The molecule has 3 nitrogen and oxygen atoms in total. The molecule has 0 radical (unpaired) electrons. The first-order valence-electron chi connectivity index (χ1n) is 6.29. The second-order valence-corrected chi connectivity index (χ2v) is 4.23. The smallest absolute Gasteiger partial charge is 0.347 e. The predicted octanol–water partition coefficient (Wildman–Crippen LogP) is 3.64.